The summed E-state index contributed by atoms with van der Waals surface area (Å²) in [5.41, 5.74) is -0.232. The average Bonchev–Trinajstić information content (AvgIpc) is 2.98. The molecule has 0 spiro atoms. The van der Waals surface area contributed by atoms with Crippen molar-refractivity contribution in [3.05, 3.63) is 60.0 Å². The zero-order chi connectivity index (χ0) is 19.7. The summed E-state index contributed by atoms with van der Waals surface area (Å²) in [4.78, 5) is 38.8. The number of benzene rings is 1. The lowest BCUT2D eigenvalue weighted by Gasteiger charge is -2.10. The van der Waals surface area contributed by atoms with E-state index in [-0.39, 0.29) is 11.2 Å². The van der Waals surface area contributed by atoms with Gasteiger partial charge in [0.05, 0.1) is 11.5 Å². The molecule has 0 saturated heterocycles. The Kier molecular flexibility index (Phi) is 5.13. The molecule has 3 aromatic rings. The number of imidazole rings is 1. The Bertz CT molecular complexity index is 1130. The molecule has 0 amide bonds. The second-order valence-electron chi connectivity index (χ2n) is 5.86. The summed E-state index contributed by atoms with van der Waals surface area (Å²) in [6, 6.07) is 5.82. The van der Waals surface area contributed by atoms with Gasteiger partial charge in [-0.15, -0.1) is 0 Å². The van der Waals surface area contributed by atoms with Crippen LogP contribution in [0.4, 0.5) is 5.69 Å². The molecule has 0 aliphatic heterocycles. The number of non-ortho nitro benzene ring substituents is 1. The first-order valence-corrected chi connectivity index (χ1v) is 8.79. The molecule has 0 N–H and O–H groups in total. The third-order valence-corrected chi connectivity index (χ3v) is 4.74. The molecule has 11 heteroatoms. The summed E-state index contributed by atoms with van der Waals surface area (Å²) >= 11 is 3.33. The van der Waals surface area contributed by atoms with E-state index in [0.29, 0.717) is 35.7 Å². The highest BCUT2D eigenvalue weighted by atomic mass is 79.9. The van der Waals surface area contributed by atoms with Crippen molar-refractivity contribution in [1.29, 1.82) is 0 Å². The SMILES string of the molecule is Cn1c(=O)c2nc(Br)n(CCCOc3ccc([N+](=O)[O-])cc3)c2n(C)c1=O. The van der Waals surface area contributed by atoms with E-state index in [1.165, 1.54) is 35.9 Å². The predicted molar refractivity (Wildman–Crippen MR) is 101 cm³/mol. The Hall–Kier alpha value is -2.95. The standard InChI is InChI=1S/C16H16BrN5O5/c1-19-13-12(14(23)20(2)16(19)24)18-15(17)21(13)8-3-9-27-11-6-4-10(5-7-11)22(25)26/h4-7H,3,8-9H2,1-2H3. The molecule has 2 heterocycles. The first-order chi connectivity index (χ1) is 12.8. The van der Waals surface area contributed by atoms with Crippen LogP contribution in [0.1, 0.15) is 6.42 Å². The Morgan fingerprint density at radius 1 is 1.19 bits per heavy atom. The molecule has 3 rings (SSSR count). The fourth-order valence-electron chi connectivity index (χ4n) is 2.74. The average molecular weight is 438 g/mol. The number of ether oxygens (including phenoxy) is 1. The van der Waals surface area contributed by atoms with Crippen LogP contribution in [0.15, 0.2) is 38.6 Å². The molecule has 0 saturated carbocycles. The zero-order valence-corrected chi connectivity index (χ0v) is 16.2. The Labute approximate surface area is 160 Å². The van der Waals surface area contributed by atoms with Crippen LogP contribution in [0.25, 0.3) is 11.2 Å². The predicted octanol–water partition coefficient (Wildman–Crippen LogP) is 1.57. The van der Waals surface area contributed by atoms with Crippen molar-refractivity contribution < 1.29 is 9.66 Å². The number of hydrogen-bond acceptors (Lipinski definition) is 6. The number of nitro benzene ring substituents is 1. The van der Waals surface area contributed by atoms with Crippen molar-refractivity contribution in [3.8, 4) is 5.75 Å². The van der Waals surface area contributed by atoms with E-state index < -0.39 is 16.2 Å². The molecule has 0 aliphatic rings. The van der Waals surface area contributed by atoms with E-state index in [0.717, 1.165) is 4.57 Å². The molecule has 0 radical (unpaired) electrons. The largest absolute Gasteiger partial charge is 0.494 e. The Balaban J connectivity index is 1.74. The van der Waals surface area contributed by atoms with Gasteiger partial charge in [-0.05, 0) is 34.5 Å². The van der Waals surface area contributed by atoms with Crippen LogP contribution in [-0.4, -0.2) is 30.2 Å². The number of aromatic nitrogens is 4. The molecular weight excluding hydrogens is 422 g/mol. The van der Waals surface area contributed by atoms with Gasteiger partial charge in [0.1, 0.15) is 5.75 Å². The molecule has 0 aliphatic carbocycles. The minimum Gasteiger partial charge on any atom is -0.494 e. The third-order valence-electron chi connectivity index (χ3n) is 4.14. The van der Waals surface area contributed by atoms with E-state index in [9.17, 15) is 19.7 Å². The van der Waals surface area contributed by atoms with Crippen molar-refractivity contribution in [2.24, 2.45) is 14.1 Å². The maximum atomic E-state index is 12.2. The van der Waals surface area contributed by atoms with Gasteiger partial charge in [-0.1, -0.05) is 0 Å². The second kappa shape index (κ2) is 7.35. The first-order valence-electron chi connectivity index (χ1n) is 8.00. The molecule has 0 fully saturated rings. The van der Waals surface area contributed by atoms with Crippen molar-refractivity contribution in [2.75, 3.05) is 6.61 Å². The number of nitro groups is 1. The summed E-state index contributed by atoms with van der Waals surface area (Å²) < 4.78 is 10.2. The van der Waals surface area contributed by atoms with Gasteiger partial charge in [0.2, 0.25) is 0 Å². The molecule has 0 atom stereocenters. The number of halogens is 1. The monoisotopic (exact) mass is 437 g/mol. The Morgan fingerprint density at radius 2 is 1.85 bits per heavy atom. The van der Waals surface area contributed by atoms with Crippen LogP contribution < -0.4 is 16.0 Å². The maximum absolute atomic E-state index is 12.2. The number of rotatable bonds is 6. The van der Waals surface area contributed by atoms with Gasteiger partial charge in [0, 0.05) is 32.8 Å². The molecule has 142 valence electrons. The molecule has 0 bridgehead atoms. The summed E-state index contributed by atoms with van der Waals surface area (Å²) in [5.74, 6) is 0.524. The molecule has 27 heavy (non-hydrogen) atoms. The zero-order valence-electron chi connectivity index (χ0n) is 14.6. The topological polar surface area (TPSA) is 114 Å². The van der Waals surface area contributed by atoms with Gasteiger partial charge in [0.25, 0.3) is 11.2 Å². The quantitative estimate of drug-likeness (QED) is 0.250. The summed E-state index contributed by atoms with van der Waals surface area (Å²) in [6.07, 6.45) is 0.574. The van der Waals surface area contributed by atoms with Gasteiger partial charge < -0.3 is 9.30 Å². The highest BCUT2D eigenvalue weighted by Crippen LogP contribution is 2.19. The second-order valence-corrected chi connectivity index (χ2v) is 6.57. The van der Waals surface area contributed by atoms with Crippen LogP contribution in [0.2, 0.25) is 0 Å². The number of hydrogen-bond donors (Lipinski definition) is 0. The lowest BCUT2D eigenvalue weighted by Crippen LogP contribution is -2.37. The van der Waals surface area contributed by atoms with Crippen LogP contribution in [0.5, 0.6) is 5.75 Å². The van der Waals surface area contributed by atoms with Crippen LogP contribution in [0, 0.1) is 10.1 Å². The lowest BCUT2D eigenvalue weighted by molar-refractivity contribution is -0.384. The lowest BCUT2D eigenvalue weighted by atomic mass is 10.3. The molecule has 0 unspecified atom stereocenters. The van der Waals surface area contributed by atoms with Crippen LogP contribution in [-0.2, 0) is 20.6 Å². The minimum atomic E-state index is -0.472. The summed E-state index contributed by atoms with van der Waals surface area (Å²) in [7, 11) is 3.00. The number of fused-ring (bicyclic) bond motifs is 1. The normalized spacial score (nSPS) is 11.1. The summed E-state index contributed by atoms with van der Waals surface area (Å²) in [6.45, 7) is 0.813. The molecule has 1 aromatic carbocycles. The van der Waals surface area contributed by atoms with Gasteiger partial charge in [-0.3, -0.25) is 24.0 Å². The van der Waals surface area contributed by atoms with Crippen molar-refractivity contribution in [3.63, 3.8) is 0 Å². The molecule has 10 nitrogen and oxygen atoms in total. The van der Waals surface area contributed by atoms with Crippen molar-refractivity contribution in [1.82, 2.24) is 18.7 Å². The van der Waals surface area contributed by atoms with Gasteiger partial charge in [-0.2, -0.15) is 0 Å². The first kappa shape index (κ1) is 18.8. The molecule has 2 aromatic heterocycles. The molecular formula is C16H16BrN5O5. The van der Waals surface area contributed by atoms with E-state index >= 15 is 0 Å². The van der Waals surface area contributed by atoms with Gasteiger partial charge in [0.15, 0.2) is 15.9 Å². The van der Waals surface area contributed by atoms with Crippen molar-refractivity contribution >= 4 is 32.8 Å². The van der Waals surface area contributed by atoms with Gasteiger partial charge >= 0.3 is 5.69 Å². The maximum Gasteiger partial charge on any atom is 0.332 e. The van der Waals surface area contributed by atoms with Gasteiger partial charge in [-0.25, -0.2) is 9.78 Å². The van der Waals surface area contributed by atoms with Crippen LogP contribution >= 0.6 is 15.9 Å². The smallest absolute Gasteiger partial charge is 0.332 e. The number of aryl methyl sites for hydroxylation is 2. The van der Waals surface area contributed by atoms with E-state index in [2.05, 4.69) is 20.9 Å². The number of nitrogens with zero attached hydrogens (tertiary/aromatic N) is 5. The minimum absolute atomic E-state index is 0.00124. The fourth-order valence-corrected chi connectivity index (χ4v) is 3.26. The van der Waals surface area contributed by atoms with Crippen LogP contribution in [0.3, 0.4) is 0 Å². The Morgan fingerprint density at radius 3 is 2.48 bits per heavy atom. The van der Waals surface area contributed by atoms with Crippen molar-refractivity contribution in [2.45, 2.75) is 13.0 Å². The van der Waals surface area contributed by atoms with E-state index in [1.54, 1.807) is 11.6 Å². The fraction of sp³-hybridized carbons (Fsp3) is 0.312. The van der Waals surface area contributed by atoms with E-state index in [1.807, 2.05) is 0 Å². The van der Waals surface area contributed by atoms with E-state index in [4.69, 9.17) is 4.74 Å². The third kappa shape index (κ3) is 3.50. The summed E-state index contributed by atoms with van der Waals surface area (Å²) in [5, 5.41) is 10.6. The highest BCUT2D eigenvalue weighted by molar-refractivity contribution is 9.10. The highest BCUT2D eigenvalue weighted by Gasteiger charge is 2.17.